The van der Waals surface area contributed by atoms with Gasteiger partial charge >= 0.3 is 0 Å². The molecule has 1 aromatic heterocycles. The van der Waals surface area contributed by atoms with E-state index in [-0.39, 0.29) is 10.9 Å². The Bertz CT molecular complexity index is 1190. The third kappa shape index (κ3) is 4.79. The molecule has 1 aliphatic rings. The fraction of sp³-hybridized carbons (Fsp3) is 0.346. The van der Waals surface area contributed by atoms with E-state index in [1.165, 1.54) is 12.1 Å². The highest BCUT2D eigenvalue weighted by Gasteiger charge is 2.37. The van der Waals surface area contributed by atoms with E-state index < -0.39 is 8.32 Å². The zero-order valence-corrected chi connectivity index (χ0v) is 21.8. The molecule has 4 nitrogen and oxygen atoms in total. The van der Waals surface area contributed by atoms with Gasteiger partial charge in [-0.2, -0.15) is 0 Å². The summed E-state index contributed by atoms with van der Waals surface area (Å²) in [7, 11) is -1.85. The van der Waals surface area contributed by atoms with Crippen LogP contribution in [-0.2, 0) is 17.6 Å². The molecule has 174 valence electrons. The number of aromatic nitrogens is 1. The van der Waals surface area contributed by atoms with Crippen molar-refractivity contribution in [3.05, 3.63) is 76.2 Å². The van der Waals surface area contributed by atoms with Crippen LogP contribution in [0.5, 0.6) is 0 Å². The summed E-state index contributed by atoms with van der Waals surface area (Å²) in [4.78, 5) is 4.57. The number of nitrogens with zero attached hydrogens (tertiary/aromatic N) is 2. The third-order valence-electron chi connectivity index (χ3n) is 6.77. The van der Waals surface area contributed by atoms with Gasteiger partial charge in [0.05, 0.1) is 23.9 Å². The van der Waals surface area contributed by atoms with Gasteiger partial charge in [0.2, 0.25) is 0 Å². The zero-order chi connectivity index (χ0) is 24.0. The molecule has 0 unspecified atom stereocenters. The minimum absolute atomic E-state index is 0.161. The van der Waals surface area contributed by atoms with Crippen LogP contribution < -0.4 is 10.4 Å². The Morgan fingerprint density at radius 2 is 1.91 bits per heavy atom. The minimum Gasteiger partial charge on any atom is -0.413 e. The predicted molar refractivity (Wildman–Crippen MR) is 138 cm³/mol. The Morgan fingerprint density at radius 3 is 2.64 bits per heavy atom. The average molecular weight is 484 g/mol. The summed E-state index contributed by atoms with van der Waals surface area (Å²) < 4.78 is 20.4. The van der Waals surface area contributed by atoms with E-state index in [0.29, 0.717) is 24.0 Å². The Kier molecular flexibility index (Phi) is 6.29. The lowest BCUT2D eigenvalue weighted by Gasteiger charge is -2.36. The summed E-state index contributed by atoms with van der Waals surface area (Å²) in [6.07, 6.45) is 1.68. The van der Waals surface area contributed by atoms with E-state index in [1.54, 1.807) is 12.3 Å². The molecule has 33 heavy (non-hydrogen) atoms. The zero-order valence-electron chi connectivity index (χ0n) is 20.1. The van der Waals surface area contributed by atoms with Gasteiger partial charge in [0.1, 0.15) is 5.82 Å². The SMILES string of the molecule is Cc1ccc(CO[Si](C)(C)C(C)(C)C)cc1NN1Cc2ccc(F)cc2-c2c(Cl)ccnc21. The van der Waals surface area contributed by atoms with Crippen LogP contribution >= 0.6 is 11.6 Å². The lowest BCUT2D eigenvalue weighted by molar-refractivity contribution is 0.276. The van der Waals surface area contributed by atoms with Gasteiger partial charge in [-0.25, -0.2) is 9.37 Å². The van der Waals surface area contributed by atoms with Crippen LogP contribution in [0.25, 0.3) is 11.1 Å². The molecule has 0 saturated carbocycles. The number of fused-ring (bicyclic) bond motifs is 3. The predicted octanol–water partition coefficient (Wildman–Crippen LogP) is 7.72. The van der Waals surface area contributed by atoms with Crippen molar-refractivity contribution < 1.29 is 8.82 Å². The summed E-state index contributed by atoms with van der Waals surface area (Å²) >= 11 is 6.54. The number of halogens is 2. The van der Waals surface area contributed by atoms with Gasteiger partial charge in [0, 0.05) is 11.8 Å². The van der Waals surface area contributed by atoms with Crippen molar-refractivity contribution in [2.75, 3.05) is 10.4 Å². The van der Waals surface area contributed by atoms with E-state index in [4.69, 9.17) is 16.0 Å². The molecule has 0 atom stereocenters. The van der Waals surface area contributed by atoms with Crippen LogP contribution in [0.4, 0.5) is 15.9 Å². The number of nitrogens with one attached hydrogen (secondary N) is 1. The molecule has 0 radical (unpaired) electrons. The second-order valence-corrected chi connectivity index (χ2v) is 15.4. The molecule has 7 heteroatoms. The lowest BCUT2D eigenvalue weighted by Crippen LogP contribution is -2.40. The molecule has 4 rings (SSSR count). The Morgan fingerprint density at radius 1 is 1.15 bits per heavy atom. The number of pyridine rings is 1. The topological polar surface area (TPSA) is 37.4 Å². The first kappa shape index (κ1) is 23.7. The van der Waals surface area contributed by atoms with Gasteiger partial charge in [-0.15, -0.1) is 0 Å². The molecule has 0 amide bonds. The van der Waals surface area contributed by atoms with Gasteiger partial charge < -0.3 is 4.43 Å². The van der Waals surface area contributed by atoms with Crippen LogP contribution in [0.2, 0.25) is 23.2 Å². The summed E-state index contributed by atoms with van der Waals surface area (Å²) in [5, 5.41) is 2.68. The van der Waals surface area contributed by atoms with Crippen molar-refractivity contribution in [1.82, 2.24) is 4.98 Å². The minimum atomic E-state index is -1.85. The van der Waals surface area contributed by atoms with Gasteiger partial charge in [0.25, 0.3) is 0 Å². The molecule has 0 saturated heterocycles. The number of hydrogen-bond acceptors (Lipinski definition) is 4. The quantitative estimate of drug-likeness (QED) is 0.377. The maximum absolute atomic E-state index is 14.0. The van der Waals surface area contributed by atoms with Crippen molar-refractivity contribution in [2.45, 2.75) is 59.0 Å². The van der Waals surface area contributed by atoms with E-state index >= 15 is 0 Å². The van der Waals surface area contributed by atoms with Gasteiger partial charge in [-0.3, -0.25) is 10.4 Å². The molecule has 0 spiro atoms. The van der Waals surface area contributed by atoms with Gasteiger partial charge in [-0.1, -0.05) is 50.6 Å². The van der Waals surface area contributed by atoms with Crippen molar-refractivity contribution in [3.63, 3.8) is 0 Å². The van der Waals surface area contributed by atoms with Crippen LogP contribution in [0, 0.1) is 12.7 Å². The smallest absolute Gasteiger partial charge is 0.192 e. The molecule has 0 fully saturated rings. The Balaban J connectivity index is 1.63. The first-order valence-corrected chi connectivity index (χ1v) is 14.5. The van der Waals surface area contributed by atoms with Crippen LogP contribution in [0.3, 0.4) is 0 Å². The van der Waals surface area contributed by atoms with Crippen LogP contribution in [0.15, 0.2) is 48.7 Å². The number of hydrogen-bond donors (Lipinski definition) is 1. The van der Waals surface area contributed by atoms with E-state index in [9.17, 15) is 4.39 Å². The van der Waals surface area contributed by atoms with Crippen LogP contribution in [-0.4, -0.2) is 13.3 Å². The van der Waals surface area contributed by atoms with Crippen molar-refractivity contribution in [3.8, 4) is 11.1 Å². The average Bonchev–Trinajstić information content (AvgIpc) is 2.74. The maximum atomic E-state index is 14.0. The molecular weight excluding hydrogens is 453 g/mol. The fourth-order valence-electron chi connectivity index (χ4n) is 3.64. The van der Waals surface area contributed by atoms with Gasteiger partial charge in [0.15, 0.2) is 14.1 Å². The summed E-state index contributed by atoms with van der Waals surface area (Å²) in [6.45, 7) is 14.5. The van der Waals surface area contributed by atoms with Crippen molar-refractivity contribution in [1.29, 1.82) is 0 Å². The van der Waals surface area contributed by atoms with Crippen LogP contribution in [0.1, 0.15) is 37.5 Å². The normalized spacial score (nSPS) is 13.5. The number of benzene rings is 2. The number of rotatable bonds is 5. The number of hydrazine groups is 1. The highest BCUT2D eigenvalue weighted by molar-refractivity contribution is 6.74. The molecule has 3 aromatic rings. The first-order valence-electron chi connectivity index (χ1n) is 11.2. The molecule has 2 aromatic carbocycles. The molecular formula is C26H31ClFN3OSi. The standard InChI is InChI=1S/C26H31ClFN3OSi/c1-17-7-8-18(16-32-33(5,6)26(2,3)4)13-23(17)30-31-15-19-9-10-20(28)14-21(19)24-22(27)11-12-29-25(24)31/h7-14,30H,15-16H2,1-6H3. The van der Waals surface area contributed by atoms with E-state index in [0.717, 1.165) is 33.5 Å². The summed E-state index contributed by atoms with van der Waals surface area (Å²) in [5.74, 6) is 0.397. The van der Waals surface area contributed by atoms with Crippen molar-refractivity contribution in [2.24, 2.45) is 0 Å². The molecule has 1 aliphatic heterocycles. The lowest BCUT2D eigenvalue weighted by atomic mass is 9.96. The summed E-state index contributed by atoms with van der Waals surface area (Å²) in [6, 6.07) is 12.9. The van der Waals surface area contributed by atoms with E-state index in [2.05, 4.69) is 69.4 Å². The Hall–Kier alpha value is -2.41. The molecule has 0 aliphatic carbocycles. The monoisotopic (exact) mass is 483 g/mol. The Labute approximate surface area is 201 Å². The third-order valence-corrected chi connectivity index (χ3v) is 11.6. The van der Waals surface area contributed by atoms with Crippen molar-refractivity contribution >= 4 is 31.4 Å². The first-order chi connectivity index (χ1) is 15.5. The highest BCUT2D eigenvalue weighted by atomic mass is 35.5. The maximum Gasteiger partial charge on any atom is 0.192 e. The second-order valence-electron chi connectivity index (χ2n) is 10.2. The number of anilines is 2. The second kappa shape index (κ2) is 8.74. The molecule has 0 bridgehead atoms. The fourth-order valence-corrected chi connectivity index (χ4v) is 4.85. The summed E-state index contributed by atoms with van der Waals surface area (Å²) in [5.41, 5.74) is 9.25. The molecule has 1 N–H and O–H groups in total. The highest BCUT2D eigenvalue weighted by Crippen LogP contribution is 2.42. The number of aryl methyl sites for hydroxylation is 1. The van der Waals surface area contributed by atoms with Gasteiger partial charge in [-0.05, 0) is 71.6 Å². The van der Waals surface area contributed by atoms with E-state index in [1.807, 2.05) is 11.1 Å². The molecule has 2 heterocycles. The largest absolute Gasteiger partial charge is 0.413 e.